The summed E-state index contributed by atoms with van der Waals surface area (Å²) in [6.07, 6.45) is 2.22. The van der Waals surface area contributed by atoms with Crippen LogP contribution in [0.25, 0.3) is 5.76 Å². The van der Waals surface area contributed by atoms with Crippen LogP contribution < -0.4 is 23.7 Å². The summed E-state index contributed by atoms with van der Waals surface area (Å²) in [4.78, 5) is 30.6. The van der Waals surface area contributed by atoms with Gasteiger partial charge in [0.2, 0.25) is 5.75 Å². The summed E-state index contributed by atoms with van der Waals surface area (Å²) in [6.45, 7) is 3.67. The molecule has 2 aromatic rings. The number of fused-ring (bicyclic) bond motifs is 1. The van der Waals surface area contributed by atoms with Gasteiger partial charge in [-0.15, -0.1) is 0 Å². The number of aliphatic hydroxyl groups is 1. The zero-order chi connectivity index (χ0) is 26.8. The molecule has 1 atom stereocenters. The van der Waals surface area contributed by atoms with E-state index in [0.717, 1.165) is 25.9 Å². The molecular weight excluding hydrogens is 492 g/mol. The third kappa shape index (κ3) is 4.60. The molecule has 0 aliphatic carbocycles. The molecule has 0 bridgehead atoms. The summed E-state index contributed by atoms with van der Waals surface area (Å²) >= 11 is 0. The smallest absolute Gasteiger partial charge is 0.295 e. The van der Waals surface area contributed by atoms with Crippen LogP contribution in [0.15, 0.2) is 35.9 Å². The van der Waals surface area contributed by atoms with E-state index in [2.05, 4.69) is 4.90 Å². The molecule has 10 nitrogen and oxygen atoms in total. The highest BCUT2D eigenvalue weighted by Crippen LogP contribution is 2.46. The van der Waals surface area contributed by atoms with Gasteiger partial charge in [0.1, 0.15) is 19.0 Å². The van der Waals surface area contributed by atoms with Crippen molar-refractivity contribution in [1.82, 2.24) is 9.80 Å². The molecule has 2 aromatic carbocycles. The number of ether oxygens (including phenoxy) is 5. The fraction of sp³-hybridized carbons (Fsp3) is 0.429. The summed E-state index contributed by atoms with van der Waals surface area (Å²) in [7, 11) is 4.51. The molecule has 202 valence electrons. The third-order valence-corrected chi connectivity index (χ3v) is 7.21. The van der Waals surface area contributed by atoms with Crippen LogP contribution in [0, 0.1) is 0 Å². The van der Waals surface area contributed by atoms with Gasteiger partial charge in [-0.3, -0.25) is 9.59 Å². The number of amides is 1. The van der Waals surface area contributed by atoms with Crippen LogP contribution in [0.5, 0.6) is 28.7 Å². The van der Waals surface area contributed by atoms with E-state index < -0.39 is 17.7 Å². The van der Waals surface area contributed by atoms with Gasteiger partial charge in [0, 0.05) is 18.7 Å². The first kappa shape index (κ1) is 25.7. The minimum atomic E-state index is -0.862. The third-order valence-electron chi connectivity index (χ3n) is 7.21. The molecule has 38 heavy (non-hydrogen) atoms. The van der Waals surface area contributed by atoms with Crippen LogP contribution >= 0.6 is 0 Å². The lowest BCUT2D eigenvalue weighted by molar-refractivity contribution is -0.140. The SMILES string of the molecule is COc1cc([C@@H]2C(=C(O)c3ccc4c(c3)OCCO4)C(=O)C(=O)N2CCN2CCCC2)cc(OC)c1OC. The molecule has 0 spiro atoms. The molecule has 2 saturated heterocycles. The Morgan fingerprint density at radius 2 is 1.58 bits per heavy atom. The van der Waals surface area contributed by atoms with Gasteiger partial charge < -0.3 is 38.6 Å². The molecular formula is C28H32N2O8. The monoisotopic (exact) mass is 524 g/mol. The van der Waals surface area contributed by atoms with E-state index in [1.165, 1.54) is 26.2 Å². The lowest BCUT2D eigenvalue weighted by Crippen LogP contribution is -2.37. The summed E-state index contributed by atoms with van der Waals surface area (Å²) in [6, 6.07) is 7.50. The lowest BCUT2D eigenvalue weighted by Gasteiger charge is -2.28. The molecule has 2 fully saturated rings. The number of rotatable bonds is 8. The maximum absolute atomic E-state index is 13.5. The van der Waals surface area contributed by atoms with Gasteiger partial charge in [0.05, 0.1) is 32.9 Å². The zero-order valence-electron chi connectivity index (χ0n) is 21.8. The minimum Gasteiger partial charge on any atom is -0.507 e. The topological polar surface area (TPSA) is 107 Å². The van der Waals surface area contributed by atoms with Gasteiger partial charge >= 0.3 is 0 Å². The van der Waals surface area contributed by atoms with E-state index in [1.807, 2.05) is 0 Å². The molecule has 5 rings (SSSR count). The average molecular weight is 525 g/mol. The van der Waals surface area contributed by atoms with E-state index in [-0.39, 0.29) is 11.3 Å². The first-order valence-electron chi connectivity index (χ1n) is 12.7. The number of likely N-dealkylation sites (tertiary alicyclic amines) is 2. The number of hydrogen-bond acceptors (Lipinski definition) is 9. The molecule has 0 radical (unpaired) electrons. The van der Waals surface area contributed by atoms with E-state index in [9.17, 15) is 14.7 Å². The number of Topliss-reactive ketones (excluding diaryl/α,β-unsaturated/α-hetero) is 1. The Labute approximate surface area is 221 Å². The summed E-state index contributed by atoms with van der Waals surface area (Å²) in [5, 5.41) is 11.5. The van der Waals surface area contributed by atoms with Crippen LogP contribution in [0.2, 0.25) is 0 Å². The number of carbonyl (C=O) groups is 2. The second-order valence-electron chi connectivity index (χ2n) is 9.36. The molecule has 0 saturated carbocycles. The summed E-state index contributed by atoms with van der Waals surface area (Å²) < 4.78 is 27.8. The van der Waals surface area contributed by atoms with Crippen LogP contribution in [-0.2, 0) is 9.59 Å². The van der Waals surface area contributed by atoms with Crippen molar-refractivity contribution in [3.05, 3.63) is 47.0 Å². The Kier molecular flexibility index (Phi) is 7.33. The summed E-state index contributed by atoms with van der Waals surface area (Å²) in [5.74, 6) is 0.465. The molecule has 3 aliphatic heterocycles. The Morgan fingerprint density at radius 1 is 0.921 bits per heavy atom. The van der Waals surface area contributed by atoms with Crippen LogP contribution in [0.1, 0.15) is 30.0 Å². The number of nitrogens with zero attached hydrogens (tertiary/aromatic N) is 2. The van der Waals surface area contributed by atoms with Crippen molar-refractivity contribution < 1.29 is 38.4 Å². The van der Waals surface area contributed by atoms with Gasteiger partial charge in [-0.2, -0.15) is 0 Å². The molecule has 0 unspecified atom stereocenters. The second kappa shape index (κ2) is 10.8. The van der Waals surface area contributed by atoms with Crippen LogP contribution in [0.4, 0.5) is 0 Å². The van der Waals surface area contributed by atoms with E-state index in [0.29, 0.717) is 66.2 Å². The zero-order valence-corrected chi connectivity index (χ0v) is 21.8. The molecule has 10 heteroatoms. The van der Waals surface area contributed by atoms with Gasteiger partial charge in [-0.1, -0.05) is 0 Å². The number of ketones is 1. The lowest BCUT2D eigenvalue weighted by atomic mass is 9.94. The normalized spacial score (nSPS) is 20.6. The number of benzene rings is 2. The van der Waals surface area contributed by atoms with Crippen molar-refractivity contribution in [2.75, 3.05) is 60.7 Å². The fourth-order valence-corrected chi connectivity index (χ4v) is 5.32. The quantitative estimate of drug-likeness (QED) is 0.317. The van der Waals surface area contributed by atoms with Gasteiger partial charge in [0.15, 0.2) is 23.0 Å². The number of hydrogen-bond donors (Lipinski definition) is 1. The predicted molar refractivity (Wildman–Crippen MR) is 138 cm³/mol. The molecule has 0 aromatic heterocycles. The van der Waals surface area contributed by atoms with Gasteiger partial charge in [0.25, 0.3) is 11.7 Å². The largest absolute Gasteiger partial charge is 0.507 e. The fourth-order valence-electron chi connectivity index (χ4n) is 5.32. The maximum atomic E-state index is 13.5. The highest BCUT2D eigenvalue weighted by Gasteiger charge is 2.46. The van der Waals surface area contributed by atoms with E-state index in [4.69, 9.17) is 23.7 Å². The average Bonchev–Trinajstić information content (AvgIpc) is 3.56. The maximum Gasteiger partial charge on any atom is 0.295 e. The Bertz CT molecular complexity index is 1240. The number of aliphatic hydroxyl groups excluding tert-OH is 1. The number of carbonyl (C=O) groups excluding carboxylic acids is 2. The molecule has 3 aliphatic rings. The van der Waals surface area contributed by atoms with Crippen molar-refractivity contribution in [3.8, 4) is 28.7 Å². The second-order valence-corrected chi connectivity index (χ2v) is 9.36. The Balaban J connectivity index is 1.63. The molecule has 3 heterocycles. The van der Waals surface area contributed by atoms with Gasteiger partial charge in [-0.25, -0.2) is 0 Å². The van der Waals surface area contributed by atoms with Crippen LogP contribution in [-0.4, -0.2) is 87.3 Å². The van der Waals surface area contributed by atoms with Gasteiger partial charge in [-0.05, 0) is 61.8 Å². The Hall–Kier alpha value is -3.92. The highest BCUT2D eigenvalue weighted by atomic mass is 16.6. The van der Waals surface area contributed by atoms with Crippen LogP contribution in [0.3, 0.4) is 0 Å². The molecule has 1 amide bonds. The number of methoxy groups -OCH3 is 3. The van der Waals surface area contributed by atoms with Crippen molar-refractivity contribution in [3.63, 3.8) is 0 Å². The first-order chi connectivity index (χ1) is 18.5. The standard InChI is InChI=1S/C28H32N2O8/c1-34-21-15-18(16-22(35-2)27(21)36-3)24-23(25(31)17-6-7-19-20(14-17)38-13-12-37-19)26(32)28(33)30(24)11-10-29-8-4-5-9-29/h6-7,14-16,24,31H,4-5,8-13H2,1-3H3/t24-/m1/s1. The highest BCUT2D eigenvalue weighted by molar-refractivity contribution is 6.46. The predicted octanol–water partition coefficient (Wildman–Crippen LogP) is 3.00. The van der Waals surface area contributed by atoms with E-state index >= 15 is 0 Å². The van der Waals surface area contributed by atoms with Crippen molar-refractivity contribution >= 4 is 17.4 Å². The first-order valence-corrected chi connectivity index (χ1v) is 12.7. The Morgan fingerprint density at radius 3 is 2.21 bits per heavy atom. The van der Waals surface area contributed by atoms with Crippen molar-refractivity contribution in [1.29, 1.82) is 0 Å². The van der Waals surface area contributed by atoms with E-state index in [1.54, 1.807) is 30.3 Å². The van der Waals surface area contributed by atoms with Crippen molar-refractivity contribution in [2.24, 2.45) is 0 Å². The molecule has 1 N–H and O–H groups in total. The van der Waals surface area contributed by atoms with Crippen molar-refractivity contribution in [2.45, 2.75) is 18.9 Å². The summed E-state index contributed by atoms with van der Waals surface area (Å²) in [5.41, 5.74) is 0.894. The minimum absolute atomic E-state index is 0.0117.